The van der Waals surface area contributed by atoms with Gasteiger partial charge in [-0.05, 0) is 18.1 Å². The summed E-state index contributed by atoms with van der Waals surface area (Å²) in [6.45, 7) is 2.01. The highest BCUT2D eigenvalue weighted by atomic mass is 32.2. The highest BCUT2D eigenvalue weighted by Gasteiger charge is 2.21. The minimum absolute atomic E-state index is 0.0837. The van der Waals surface area contributed by atoms with E-state index in [0.717, 1.165) is 5.56 Å². The minimum atomic E-state index is -3.45. The molecule has 16 heavy (non-hydrogen) atoms. The highest BCUT2D eigenvalue weighted by molar-refractivity contribution is 7.89. The molecule has 0 radical (unpaired) electrons. The fraction of sp³-hybridized carbons (Fsp3) is 0.333. The lowest BCUT2D eigenvalue weighted by molar-refractivity contribution is 0.502. The maximum atomic E-state index is 12.1. The molecular formula is C12H15NO2S. The first kappa shape index (κ1) is 12.8. The molecule has 0 heterocycles. The third-order valence-corrected chi connectivity index (χ3v) is 4.26. The van der Waals surface area contributed by atoms with E-state index in [2.05, 4.69) is 5.92 Å². The average molecular weight is 237 g/mol. The zero-order valence-corrected chi connectivity index (χ0v) is 10.3. The van der Waals surface area contributed by atoms with E-state index in [1.165, 1.54) is 11.4 Å². The van der Waals surface area contributed by atoms with E-state index in [0.29, 0.717) is 11.3 Å². The van der Waals surface area contributed by atoms with Crippen LogP contribution in [0.1, 0.15) is 12.5 Å². The first-order valence-electron chi connectivity index (χ1n) is 5.01. The van der Waals surface area contributed by atoms with Crippen molar-refractivity contribution in [1.29, 1.82) is 0 Å². The summed E-state index contributed by atoms with van der Waals surface area (Å²) in [5, 5.41) is 0. The molecule has 86 valence electrons. The molecule has 0 bridgehead atoms. The summed E-state index contributed by atoms with van der Waals surface area (Å²) in [6.07, 6.45) is 5.80. The number of hydrogen-bond acceptors (Lipinski definition) is 2. The maximum Gasteiger partial charge on any atom is 0.243 e. The first-order valence-corrected chi connectivity index (χ1v) is 6.45. The summed E-state index contributed by atoms with van der Waals surface area (Å²) >= 11 is 0. The largest absolute Gasteiger partial charge is 0.243 e. The van der Waals surface area contributed by atoms with Gasteiger partial charge in [-0.2, -0.15) is 4.31 Å². The number of hydrogen-bond donors (Lipinski definition) is 0. The number of sulfonamides is 1. The van der Waals surface area contributed by atoms with Crippen molar-refractivity contribution in [3.63, 3.8) is 0 Å². The average Bonchev–Trinajstić information content (AvgIpc) is 2.29. The van der Waals surface area contributed by atoms with Crippen molar-refractivity contribution < 1.29 is 8.42 Å². The van der Waals surface area contributed by atoms with Crippen LogP contribution in [0.4, 0.5) is 0 Å². The highest BCUT2D eigenvalue weighted by Crippen LogP contribution is 2.19. The molecule has 0 saturated carbocycles. The molecule has 0 spiro atoms. The molecule has 0 aliphatic heterocycles. The number of nitrogens with zero attached hydrogens (tertiary/aromatic N) is 1. The quantitative estimate of drug-likeness (QED) is 0.744. The molecule has 0 aliphatic rings. The molecule has 1 aromatic rings. The maximum absolute atomic E-state index is 12.1. The van der Waals surface area contributed by atoms with Crippen LogP contribution in [0, 0.1) is 12.3 Å². The topological polar surface area (TPSA) is 37.4 Å². The van der Waals surface area contributed by atoms with Gasteiger partial charge in [0.05, 0.1) is 11.4 Å². The monoisotopic (exact) mass is 237 g/mol. The smallest absolute Gasteiger partial charge is 0.207 e. The molecule has 0 saturated heterocycles. The molecule has 0 atom stereocenters. The van der Waals surface area contributed by atoms with Crippen molar-refractivity contribution in [2.45, 2.75) is 18.2 Å². The number of terminal acetylenes is 1. The summed E-state index contributed by atoms with van der Waals surface area (Å²) in [7, 11) is -1.97. The Bertz CT molecular complexity index is 500. The van der Waals surface area contributed by atoms with Gasteiger partial charge in [0, 0.05) is 7.05 Å². The van der Waals surface area contributed by atoms with Crippen molar-refractivity contribution in [3.05, 3.63) is 29.8 Å². The molecule has 0 N–H and O–H groups in total. The fourth-order valence-electron chi connectivity index (χ4n) is 1.43. The SMILES string of the molecule is C#CCN(C)S(=O)(=O)c1ccccc1CC. The van der Waals surface area contributed by atoms with Gasteiger partial charge >= 0.3 is 0 Å². The minimum Gasteiger partial charge on any atom is -0.207 e. The van der Waals surface area contributed by atoms with Crippen LogP contribution in [-0.4, -0.2) is 26.3 Å². The lowest BCUT2D eigenvalue weighted by atomic mass is 10.2. The third kappa shape index (κ3) is 2.43. The Kier molecular flexibility index (Phi) is 4.11. The third-order valence-electron chi connectivity index (χ3n) is 2.36. The Morgan fingerprint density at radius 2 is 2.00 bits per heavy atom. The van der Waals surface area contributed by atoms with Crippen LogP contribution >= 0.6 is 0 Å². The second-order valence-corrected chi connectivity index (χ2v) is 5.44. The van der Waals surface area contributed by atoms with E-state index in [-0.39, 0.29) is 6.54 Å². The van der Waals surface area contributed by atoms with Gasteiger partial charge in [0.2, 0.25) is 10.0 Å². The predicted octanol–water partition coefficient (Wildman–Crippen LogP) is 1.50. The Morgan fingerprint density at radius 1 is 1.38 bits per heavy atom. The van der Waals surface area contributed by atoms with Gasteiger partial charge in [0.25, 0.3) is 0 Å². The Balaban J connectivity index is 3.23. The second-order valence-electron chi connectivity index (χ2n) is 3.43. The van der Waals surface area contributed by atoms with Gasteiger partial charge in [-0.25, -0.2) is 8.42 Å². The summed E-state index contributed by atoms with van der Waals surface area (Å²) < 4.78 is 25.4. The fourth-order valence-corrected chi connectivity index (χ4v) is 2.80. The summed E-state index contributed by atoms with van der Waals surface area (Å²) in [5.74, 6) is 2.33. The summed E-state index contributed by atoms with van der Waals surface area (Å²) in [4.78, 5) is 0.343. The second kappa shape index (κ2) is 5.15. The van der Waals surface area contributed by atoms with Crippen LogP contribution in [0.15, 0.2) is 29.2 Å². The van der Waals surface area contributed by atoms with E-state index < -0.39 is 10.0 Å². The van der Waals surface area contributed by atoms with E-state index >= 15 is 0 Å². The Morgan fingerprint density at radius 3 is 2.56 bits per heavy atom. The van der Waals surface area contributed by atoms with Crippen LogP contribution in [-0.2, 0) is 16.4 Å². The molecule has 0 aliphatic carbocycles. The van der Waals surface area contributed by atoms with Crippen LogP contribution in [0.3, 0.4) is 0 Å². The van der Waals surface area contributed by atoms with Crippen LogP contribution in [0.25, 0.3) is 0 Å². The predicted molar refractivity (Wildman–Crippen MR) is 64.5 cm³/mol. The zero-order chi connectivity index (χ0) is 12.2. The molecule has 3 nitrogen and oxygen atoms in total. The van der Waals surface area contributed by atoms with Crippen LogP contribution in [0.2, 0.25) is 0 Å². The molecule has 0 amide bonds. The van der Waals surface area contributed by atoms with E-state index in [1.54, 1.807) is 12.1 Å². The van der Waals surface area contributed by atoms with Gasteiger partial charge in [0.15, 0.2) is 0 Å². The van der Waals surface area contributed by atoms with Gasteiger partial charge in [-0.1, -0.05) is 31.0 Å². The Hall–Kier alpha value is -1.31. The lowest BCUT2D eigenvalue weighted by Crippen LogP contribution is -2.28. The van der Waals surface area contributed by atoms with Crippen molar-refractivity contribution >= 4 is 10.0 Å². The molecular weight excluding hydrogens is 222 g/mol. The molecule has 1 rings (SSSR count). The summed E-state index contributed by atoms with van der Waals surface area (Å²) in [5.41, 5.74) is 0.811. The Labute approximate surface area is 97.1 Å². The van der Waals surface area contributed by atoms with E-state index in [9.17, 15) is 8.42 Å². The summed E-state index contributed by atoms with van der Waals surface area (Å²) in [6, 6.07) is 6.98. The van der Waals surface area contributed by atoms with Gasteiger partial charge < -0.3 is 0 Å². The molecule has 0 aromatic heterocycles. The normalized spacial score (nSPS) is 11.4. The van der Waals surface area contributed by atoms with E-state index in [4.69, 9.17) is 6.42 Å². The molecule has 1 aromatic carbocycles. The van der Waals surface area contributed by atoms with Crippen LogP contribution in [0.5, 0.6) is 0 Å². The molecule has 0 unspecified atom stereocenters. The van der Waals surface area contributed by atoms with Gasteiger partial charge in [0.1, 0.15) is 0 Å². The van der Waals surface area contributed by atoms with Crippen molar-refractivity contribution in [3.8, 4) is 12.3 Å². The van der Waals surface area contributed by atoms with Crippen LogP contribution < -0.4 is 0 Å². The van der Waals surface area contributed by atoms with Crippen molar-refractivity contribution in [2.75, 3.05) is 13.6 Å². The van der Waals surface area contributed by atoms with Gasteiger partial charge in [-0.15, -0.1) is 6.42 Å². The number of benzene rings is 1. The van der Waals surface area contributed by atoms with E-state index in [1.807, 2.05) is 19.1 Å². The van der Waals surface area contributed by atoms with Gasteiger partial charge in [-0.3, -0.25) is 0 Å². The number of rotatable bonds is 4. The zero-order valence-electron chi connectivity index (χ0n) is 9.47. The standard InChI is InChI=1S/C12H15NO2S/c1-4-10-13(3)16(14,15)12-9-7-6-8-11(12)5-2/h1,6-9H,5,10H2,2-3H3. The van der Waals surface area contributed by atoms with Crippen molar-refractivity contribution in [1.82, 2.24) is 4.31 Å². The number of aryl methyl sites for hydroxylation is 1. The molecule has 0 fully saturated rings. The van der Waals surface area contributed by atoms with Crippen molar-refractivity contribution in [2.24, 2.45) is 0 Å². The lowest BCUT2D eigenvalue weighted by Gasteiger charge is -2.16. The first-order chi connectivity index (χ1) is 7.54. The molecule has 4 heteroatoms.